The number of hydrogen-bond donors (Lipinski definition) is 2. The van der Waals surface area contributed by atoms with Gasteiger partial charge < -0.3 is 10.2 Å². The molecule has 0 bridgehead atoms. The van der Waals surface area contributed by atoms with E-state index in [2.05, 4.69) is 16.9 Å². The molecule has 5 heteroatoms. The summed E-state index contributed by atoms with van der Waals surface area (Å²) in [5.41, 5.74) is 8.44. The average Bonchev–Trinajstić information content (AvgIpc) is 2.52. The van der Waals surface area contributed by atoms with Crippen LogP contribution in [0.2, 0.25) is 0 Å². The van der Waals surface area contributed by atoms with E-state index >= 15 is 0 Å². The lowest BCUT2D eigenvalue weighted by atomic mass is 10.00. The van der Waals surface area contributed by atoms with Crippen molar-refractivity contribution in [3.8, 4) is 0 Å². The van der Waals surface area contributed by atoms with Gasteiger partial charge in [-0.2, -0.15) is 0 Å². The fraction of sp³-hybridized carbons (Fsp3) is 1.00. The van der Waals surface area contributed by atoms with Gasteiger partial charge in [-0.15, -0.1) is 0 Å². The van der Waals surface area contributed by atoms with E-state index in [4.69, 9.17) is 5.53 Å². The van der Waals surface area contributed by atoms with Crippen LogP contribution >= 0.6 is 0 Å². The first-order valence-electron chi connectivity index (χ1n) is 9.52. The van der Waals surface area contributed by atoms with Gasteiger partial charge in [-0.05, 0) is 25.3 Å². The number of aliphatic hydroxyl groups is 2. The predicted octanol–water partition coefficient (Wildman–Crippen LogP) is 5.50. The van der Waals surface area contributed by atoms with Crippen molar-refractivity contribution in [1.82, 2.24) is 0 Å². The molecule has 5 nitrogen and oxygen atoms in total. The van der Waals surface area contributed by atoms with Crippen LogP contribution in [0.3, 0.4) is 0 Å². The summed E-state index contributed by atoms with van der Waals surface area (Å²) in [6, 6.07) is -0.525. The van der Waals surface area contributed by atoms with Crippen LogP contribution in [0, 0.1) is 0 Å². The normalized spacial score (nSPS) is 15.0. The van der Waals surface area contributed by atoms with Gasteiger partial charge in [-0.3, -0.25) is 0 Å². The molecule has 136 valence electrons. The molecular formula is C18H37N3O2. The van der Waals surface area contributed by atoms with Crippen LogP contribution in [-0.2, 0) is 0 Å². The van der Waals surface area contributed by atoms with E-state index in [0.29, 0.717) is 6.42 Å². The average molecular weight is 328 g/mol. The Labute approximate surface area is 142 Å². The SMILES string of the molecule is CCCCCCCCCCCCC[C@H](O)C[C@@H](N=[N+]=[N-])[C@@H](C)O. The van der Waals surface area contributed by atoms with Gasteiger partial charge >= 0.3 is 0 Å². The molecule has 23 heavy (non-hydrogen) atoms. The molecule has 0 saturated heterocycles. The first-order valence-corrected chi connectivity index (χ1v) is 9.52. The molecule has 0 aliphatic carbocycles. The second kappa shape index (κ2) is 16.1. The minimum Gasteiger partial charge on any atom is -0.393 e. The van der Waals surface area contributed by atoms with Crippen LogP contribution in [-0.4, -0.2) is 28.5 Å². The minimum absolute atomic E-state index is 0.347. The first kappa shape index (κ1) is 22.2. The van der Waals surface area contributed by atoms with Gasteiger partial charge in [0.25, 0.3) is 0 Å². The van der Waals surface area contributed by atoms with E-state index < -0.39 is 18.2 Å². The molecule has 0 aromatic rings. The summed E-state index contributed by atoms with van der Waals surface area (Å²) in [5.74, 6) is 0. The summed E-state index contributed by atoms with van der Waals surface area (Å²) < 4.78 is 0. The number of unbranched alkanes of at least 4 members (excludes halogenated alkanes) is 10. The van der Waals surface area contributed by atoms with Crippen molar-refractivity contribution in [3.05, 3.63) is 10.4 Å². The van der Waals surface area contributed by atoms with Crippen LogP contribution in [0.4, 0.5) is 0 Å². The Balaban J connectivity index is 3.45. The quantitative estimate of drug-likeness (QED) is 0.170. The Bertz CT molecular complexity index is 305. The zero-order valence-electron chi connectivity index (χ0n) is 15.2. The van der Waals surface area contributed by atoms with Crippen LogP contribution < -0.4 is 0 Å². The largest absolute Gasteiger partial charge is 0.393 e. The van der Waals surface area contributed by atoms with Gasteiger partial charge in [0.05, 0.1) is 18.2 Å². The third-order valence-corrected chi connectivity index (χ3v) is 4.41. The van der Waals surface area contributed by atoms with E-state index in [9.17, 15) is 10.2 Å². The molecule has 0 aliphatic heterocycles. The molecule has 2 N–H and O–H groups in total. The molecule has 0 unspecified atom stereocenters. The van der Waals surface area contributed by atoms with E-state index in [-0.39, 0.29) is 0 Å². The molecule has 0 amide bonds. The second-order valence-corrected chi connectivity index (χ2v) is 6.73. The van der Waals surface area contributed by atoms with Gasteiger partial charge in [-0.1, -0.05) is 82.7 Å². The van der Waals surface area contributed by atoms with E-state index in [0.717, 1.165) is 19.3 Å². The Morgan fingerprint density at radius 1 is 0.870 bits per heavy atom. The van der Waals surface area contributed by atoms with Crippen molar-refractivity contribution >= 4 is 0 Å². The number of hydrogen-bond acceptors (Lipinski definition) is 3. The van der Waals surface area contributed by atoms with Gasteiger partial charge in [0.15, 0.2) is 0 Å². The van der Waals surface area contributed by atoms with Crippen LogP contribution in [0.15, 0.2) is 5.11 Å². The minimum atomic E-state index is -0.710. The van der Waals surface area contributed by atoms with Crippen molar-refractivity contribution in [2.45, 2.75) is 116 Å². The van der Waals surface area contributed by atoms with E-state index in [1.165, 1.54) is 57.8 Å². The highest BCUT2D eigenvalue weighted by atomic mass is 16.3. The van der Waals surface area contributed by atoms with Crippen molar-refractivity contribution < 1.29 is 10.2 Å². The van der Waals surface area contributed by atoms with Crippen molar-refractivity contribution in [2.75, 3.05) is 0 Å². The van der Waals surface area contributed by atoms with Crippen LogP contribution in [0.5, 0.6) is 0 Å². The summed E-state index contributed by atoms with van der Waals surface area (Å²) in [5, 5.41) is 23.0. The molecule has 0 spiro atoms. The number of azide groups is 1. The van der Waals surface area contributed by atoms with Crippen LogP contribution in [0.25, 0.3) is 10.4 Å². The van der Waals surface area contributed by atoms with Gasteiger partial charge in [-0.25, -0.2) is 0 Å². The summed E-state index contributed by atoms with van der Waals surface area (Å²) in [6.07, 6.45) is 14.1. The molecule has 0 aromatic heterocycles. The molecular weight excluding hydrogens is 290 g/mol. The lowest BCUT2D eigenvalue weighted by molar-refractivity contribution is 0.0985. The highest BCUT2D eigenvalue weighted by Gasteiger charge is 2.17. The molecule has 0 rings (SSSR count). The van der Waals surface area contributed by atoms with Crippen molar-refractivity contribution in [3.63, 3.8) is 0 Å². The van der Waals surface area contributed by atoms with Crippen LogP contribution in [0.1, 0.15) is 97.3 Å². The van der Waals surface area contributed by atoms with E-state index in [1.54, 1.807) is 6.92 Å². The summed E-state index contributed by atoms with van der Waals surface area (Å²) in [6.45, 7) is 3.84. The zero-order chi connectivity index (χ0) is 17.3. The Morgan fingerprint density at radius 2 is 1.35 bits per heavy atom. The molecule has 0 saturated carbocycles. The van der Waals surface area contributed by atoms with Gasteiger partial charge in [0, 0.05) is 4.91 Å². The smallest absolute Gasteiger partial charge is 0.0655 e. The topological polar surface area (TPSA) is 89.2 Å². The fourth-order valence-corrected chi connectivity index (χ4v) is 2.85. The molecule has 0 aromatic carbocycles. The van der Waals surface area contributed by atoms with Crippen molar-refractivity contribution in [1.29, 1.82) is 0 Å². The molecule has 0 heterocycles. The third kappa shape index (κ3) is 14.5. The number of nitrogens with zero attached hydrogens (tertiary/aromatic N) is 3. The molecule has 0 fully saturated rings. The molecule has 0 radical (unpaired) electrons. The summed E-state index contributed by atoms with van der Waals surface area (Å²) in [7, 11) is 0. The second-order valence-electron chi connectivity index (χ2n) is 6.73. The monoisotopic (exact) mass is 327 g/mol. The maximum Gasteiger partial charge on any atom is 0.0655 e. The highest BCUT2D eigenvalue weighted by molar-refractivity contribution is 4.76. The summed E-state index contributed by atoms with van der Waals surface area (Å²) in [4.78, 5) is 2.73. The van der Waals surface area contributed by atoms with Gasteiger partial charge in [0.2, 0.25) is 0 Å². The number of aliphatic hydroxyl groups excluding tert-OH is 2. The summed E-state index contributed by atoms with van der Waals surface area (Å²) >= 11 is 0. The van der Waals surface area contributed by atoms with Crippen molar-refractivity contribution in [2.24, 2.45) is 5.11 Å². The third-order valence-electron chi connectivity index (χ3n) is 4.41. The zero-order valence-corrected chi connectivity index (χ0v) is 15.2. The molecule has 0 aliphatic rings. The van der Waals surface area contributed by atoms with Gasteiger partial charge in [0.1, 0.15) is 0 Å². The molecule has 3 atom stereocenters. The Kier molecular flexibility index (Phi) is 15.6. The number of rotatable bonds is 16. The Hall–Kier alpha value is -0.770. The lowest BCUT2D eigenvalue weighted by Gasteiger charge is -2.18. The van der Waals surface area contributed by atoms with E-state index in [1.807, 2.05) is 0 Å². The predicted molar refractivity (Wildman–Crippen MR) is 96.3 cm³/mol. The highest BCUT2D eigenvalue weighted by Crippen LogP contribution is 2.15. The fourth-order valence-electron chi connectivity index (χ4n) is 2.85. The lowest BCUT2D eigenvalue weighted by Crippen LogP contribution is -2.25. The standard InChI is InChI=1S/C18H37N3O2/c1-3-4-5-6-7-8-9-10-11-12-13-14-17(23)15-18(16(2)22)20-21-19/h16-18,22-23H,3-15H2,1-2H3/t16-,17+,18-/m1/s1. The maximum atomic E-state index is 9.94. The first-order chi connectivity index (χ1) is 11.1. The Morgan fingerprint density at radius 3 is 1.78 bits per heavy atom. The maximum absolute atomic E-state index is 9.94.